The molecule has 2 saturated heterocycles. The Labute approximate surface area is 189 Å². The summed E-state index contributed by atoms with van der Waals surface area (Å²) < 4.78 is 24.1. The molecule has 32 heavy (non-hydrogen) atoms. The van der Waals surface area contributed by atoms with Crippen LogP contribution in [0.2, 0.25) is 0 Å². The number of sulfone groups is 1. The number of amides is 2. The van der Waals surface area contributed by atoms with Gasteiger partial charge in [-0.3, -0.25) is 14.5 Å². The molecule has 2 heterocycles. The summed E-state index contributed by atoms with van der Waals surface area (Å²) in [4.78, 5) is 29.6. The summed E-state index contributed by atoms with van der Waals surface area (Å²) in [6.45, 7) is 1.53. The summed E-state index contributed by atoms with van der Waals surface area (Å²) in [7, 11) is -3.11. The molecule has 2 amide bonds. The molecule has 170 valence electrons. The first kappa shape index (κ1) is 22.5. The highest BCUT2D eigenvalue weighted by Crippen LogP contribution is 2.26. The molecule has 0 spiro atoms. The minimum Gasteiger partial charge on any atom is -0.326 e. The maximum absolute atomic E-state index is 13.3. The SMILES string of the molecule is O=C(Nc1ccccc1)C1CCN(CC(=O)N(c2ccccc2)[C@@H]2CCS(=O)(=O)C2)CC1. The first-order valence-corrected chi connectivity index (χ1v) is 12.9. The number of piperidine rings is 1. The molecule has 1 atom stereocenters. The lowest BCUT2D eigenvalue weighted by molar-refractivity contribution is -0.122. The first-order valence-electron chi connectivity index (χ1n) is 11.1. The average molecular weight is 456 g/mol. The fourth-order valence-corrected chi connectivity index (χ4v) is 6.21. The number of benzene rings is 2. The van der Waals surface area contributed by atoms with Crippen LogP contribution >= 0.6 is 0 Å². The molecule has 0 saturated carbocycles. The van der Waals surface area contributed by atoms with E-state index < -0.39 is 9.84 Å². The van der Waals surface area contributed by atoms with E-state index in [0.29, 0.717) is 32.4 Å². The number of carbonyl (C=O) groups is 2. The molecule has 0 aromatic heterocycles. The summed E-state index contributed by atoms with van der Waals surface area (Å²) in [5, 5.41) is 2.96. The topological polar surface area (TPSA) is 86.8 Å². The normalized spacial score (nSPS) is 21.2. The monoisotopic (exact) mass is 455 g/mol. The van der Waals surface area contributed by atoms with Gasteiger partial charge < -0.3 is 10.2 Å². The number of para-hydroxylation sites is 2. The van der Waals surface area contributed by atoms with Crippen LogP contribution in [0.3, 0.4) is 0 Å². The van der Waals surface area contributed by atoms with Gasteiger partial charge >= 0.3 is 0 Å². The van der Waals surface area contributed by atoms with E-state index in [1.807, 2.05) is 60.7 Å². The van der Waals surface area contributed by atoms with Crippen molar-refractivity contribution in [2.24, 2.45) is 5.92 Å². The number of hydrogen-bond acceptors (Lipinski definition) is 5. The van der Waals surface area contributed by atoms with Crippen molar-refractivity contribution in [3.63, 3.8) is 0 Å². The van der Waals surface area contributed by atoms with Gasteiger partial charge in [-0.15, -0.1) is 0 Å². The maximum atomic E-state index is 13.3. The third-order valence-corrected chi connectivity index (χ3v) is 7.99. The molecule has 2 aliphatic heterocycles. The van der Waals surface area contributed by atoms with Gasteiger partial charge in [-0.25, -0.2) is 8.42 Å². The first-order chi connectivity index (χ1) is 15.4. The van der Waals surface area contributed by atoms with Crippen molar-refractivity contribution in [2.75, 3.05) is 41.4 Å². The van der Waals surface area contributed by atoms with Gasteiger partial charge in [-0.2, -0.15) is 0 Å². The van der Waals surface area contributed by atoms with Crippen LogP contribution in [0.4, 0.5) is 11.4 Å². The average Bonchev–Trinajstić information content (AvgIpc) is 3.15. The number of likely N-dealkylation sites (tertiary alicyclic amines) is 1. The van der Waals surface area contributed by atoms with Crippen molar-refractivity contribution in [3.05, 3.63) is 60.7 Å². The Balaban J connectivity index is 1.36. The van der Waals surface area contributed by atoms with Crippen molar-refractivity contribution in [1.29, 1.82) is 0 Å². The quantitative estimate of drug-likeness (QED) is 0.724. The zero-order valence-corrected chi connectivity index (χ0v) is 18.8. The lowest BCUT2D eigenvalue weighted by Gasteiger charge is -2.34. The van der Waals surface area contributed by atoms with Crippen LogP contribution < -0.4 is 10.2 Å². The number of rotatable bonds is 6. The second-order valence-corrected chi connectivity index (χ2v) is 10.8. The van der Waals surface area contributed by atoms with Crippen LogP contribution in [0.15, 0.2) is 60.7 Å². The Morgan fingerprint density at radius 1 is 0.938 bits per heavy atom. The van der Waals surface area contributed by atoms with E-state index in [1.165, 1.54) is 0 Å². The van der Waals surface area contributed by atoms with Gasteiger partial charge in [0, 0.05) is 17.3 Å². The fourth-order valence-electron chi connectivity index (χ4n) is 4.51. The van der Waals surface area contributed by atoms with Gasteiger partial charge in [0.05, 0.1) is 24.1 Å². The molecular formula is C24H29N3O4S. The lowest BCUT2D eigenvalue weighted by Crippen LogP contribution is -2.48. The smallest absolute Gasteiger partial charge is 0.241 e. The highest BCUT2D eigenvalue weighted by molar-refractivity contribution is 7.91. The van der Waals surface area contributed by atoms with E-state index in [4.69, 9.17) is 0 Å². The molecule has 0 bridgehead atoms. The third-order valence-electron chi connectivity index (χ3n) is 6.24. The van der Waals surface area contributed by atoms with Crippen LogP contribution in [-0.4, -0.2) is 62.3 Å². The van der Waals surface area contributed by atoms with Crippen LogP contribution in [-0.2, 0) is 19.4 Å². The highest BCUT2D eigenvalue weighted by atomic mass is 32.2. The van der Waals surface area contributed by atoms with Crippen molar-refractivity contribution < 1.29 is 18.0 Å². The lowest BCUT2D eigenvalue weighted by atomic mass is 9.95. The van der Waals surface area contributed by atoms with E-state index in [2.05, 4.69) is 10.2 Å². The number of hydrogen-bond donors (Lipinski definition) is 1. The van der Waals surface area contributed by atoms with E-state index in [0.717, 1.165) is 11.4 Å². The third kappa shape index (κ3) is 5.55. The summed E-state index contributed by atoms with van der Waals surface area (Å²) >= 11 is 0. The van der Waals surface area contributed by atoms with Gasteiger partial charge in [0.25, 0.3) is 0 Å². The molecule has 2 aromatic rings. The second-order valence-electron chi connectivity index (χ2n) is 8.56. The summed E-state index contributed by atoms with van der Waals surface area (Å²) in [6, 6.07) is 18.4. The number of nitrogens with zero attached hydrogens (tertiary/aromatic N) is 2. The predicted molar refractivity (Wildman–Crippen MR) is 125 cm³/mol. The molecule has 2 aliphatic rings. The molecule has 0 aliphatic carbocycles. The van der Waals surface area contributed by atoms with Crippen LogP contribution in [0.25, 0.3) is 0 Å². The Kier molecular flexibility index (Phi) is 6.91. The highest BCUT2D eigenvalue weighted by Gasteiger charge is 2.36. The molecular weight excluding hydrogens is 426 g/mol. The molecule has 0 radical (unpaired) electrons. The van der Waals surface area contributed by atoms with Crippen LogP contribution in [0.5, 0.6) is 0 Å². The van der Waals surface area contributed by atoms with Crippen molar-refractivity contribution in [1.82, 2.24) is 4.90 Å². The minimum absolute atomic E-state index is 0.00929. The summed E-state index contributed by atoms with van der Waals surface area (Å²) in [5.74, 6) is -0.0209. The van der Waals surface area contributed by atoms with Crippen molar-refractivity contribution in [2.45, 2.75) is 25.3 Å². The number of anilines is 2. The minimum atomic E-state index is -3.11. The molecule has 2 fully saturated rings. The zero-order chi connectivity index (χ0) is 22.6. The molecule has 2 aromatic carbocycles. The van der Waals surface area contributed by atoms with Crippen molar-refractivity contribution in [3.8, 4) is 0 Å². The Bertz CT molecular complexity index is 1040. The van der Waals surface area contributed by atoms with E-state index >= 15 is 0 Å². The van der Waals surface area contributed by atoms with Gasteiger partial charge in [0.2, 0.25) is 11.8 Å². The van der Waals surface area contributed by atoms with Gasteiger partial charge in [-0.1, -0.05) is 36.4 Å². The molecule has 7 nitrogen and oxygen atoms in total. The largest absolute Gasteiger partial charge is 0.326 e. The fraction of sp³-hybridized carbons (Fsp3) is 0.417. The van der Waals surface area contributed by atoms with E-state index in [9.17, 15) is 18.0 Å². The number of nitrogens with one attached hydrogen (secondary N) is 1. The van der Waals surface area contributed by atoms with Crippen LogP contribution in [0.1, 0.15) is 19.3 Å². The molecule has 1 N–H and O–H groups in total. The standard InChI is InChI=1S/C24H29N3O4S/c28-23(27(21-9-5-2-6-10-21)22-13-16-32(30,31)18-22)17-26-14-11-19(12-15-26)24(29)25-20-7-3-1-4-8-20/h1-10,19,22H,11-18H2,(H,25,29)/t22-/m1/s1. The summed E-state index contributed by atoms with van der Waals surface area (Å²) in [5.41, 5.74) is 1.52. The number of carbonyl (C=O) groups excluding carboxylic acids is 2. The Morgan fingerprint density at radius 3 is 2.16 bits per heavy atom. The second kappa shape index (κ2) is 9.83. The molecule has 0 unspecified atom stereocenters. The Morgan fingerprint density at radius 2 is 1.56 bits per heavy atom. The van der Waals surface area contributed by atoms with Gasteiger partial charge in [-0.05, 0) is 56.6 Å². The molecule has 8 heteroatoms. The van der Waals surface area contributed by atoms with Gasteiger partial charge in [0.15, 0.2) is 9.84 Å². The van der Waals surface area contributed by atoms with E-state index in [-0.39, 0.29) is 41.8 Å². The van der Waals surface area contributed by atoms with Crippen LogP contribution in [0, 0.1) is 5.92 Å². The zero-order valence-electron chi connectivity index (χ0n) is 18.0. The maximum Gasteiger partial charge on any atom is 0.241 e. The van der Waals surface area contributed by atoms with Crippen molar-refractivity contribution >= 4 is 33.0 Å². The Hall–Kier alpha value is -2.71. The molecule has 4 rings (SSSR count). The predicted octanol–water partition coefficient (Wildman–Crippen LogP) is 2.56. The van der Waals surface area contributed by atoms with E-state index in [1.54, 1.807) is 4.90 Å². The van der Waals surface area contributed by atoms with Gasteiger partial charge in [0.1, 0.15) is 0 Å². The summed E-state index contributed by atoms with van der Waals surface area (Å²) in [6.07, 6.45) is 1.84.